The van der Waals surface area contributed by atoms with Gasteiger partial charge in [0.1, 0.15) is 23.9 Å². The number of ether oxygens (including phenoxy) is 5. The number of benzene rings is 3. The van der Waals surface area contributed by atoms with Gasteiger partial charge in [-0.05, 0) is 101 Å². The molecular weight excluding hydrogens is 837 g/mol. The van der Waals surface area contributed by atoms with E-state index in [0.29, 0.717) is 23.0 Å². The second-order valence-corrected chi connectivity index (χ2v) is 20.6. The highest BCUT2D eigenvalue weighted by atomic mass is 16.8. The number of allylic oxidation sites excluding steroid dienone is 1. The van der Waals surface area contributed by atoms with E-state index in [2.05, 4.69) is 37.5 Å². The second-order valence-electron chi connectivity index (χ2n) is 20.6. The van der Waals surface area contributed by atoms with Crippen LogP contribution in [0.15, 0.2) is 102 Å². The minimum Gasteiger partial charge on any atom is -0.460 e. The number of aliphatic hydroxyl groups excluding tert-OH is 1. The fourth-order valence-electron chi connectivity index (χ4n) is 10.6. The highest BCUT2D eigenvalue weighted by Gasteiger charge is 2.57. The molecule has 3 aromatic rings. The molecule has 3 N–H and O–H groups in total. The molecule has 3 aromatic carbocycles. The molecule has 2 saturated carbocycles. The molecule has 2 saturated heterocycles. The van der Waals surface area contributed by atoms with Crippen LogP contribution >= 0.6 is 0 Å². The lowest BCUT2D eigenvalue weighted by Crippen LogP contribution is -2.45. The molecule has 12 heteroatoms. The van der Waals surface area contributed by atoms with Crippen LogP contribution in [0.1, 0.15) is 126 Å². The van der Waals surface area contributed by atoms with Crippen LogP contribution in [0.3, 0.4) is 0 Å². The maximum atomic E-state index is 14.6. The lowest BCUT2D eigenvalue weighted by Gasteiger charge is -2.53. The summed E-state index contributed by atoms with van der Waals surface area (Å²) in [6, 6.07) is 26.1. The van der Waals surface area contributed by atoms with Crippen molar-refractivity contribution in [3.63, 3.8) is 0 Å². The number of hydrogen-bond acceptors (Lipinski definition) is 10. The molecule has 4 fully saturated rings. The molecule has 0 aromatic heterocycles. The van der Waals surface area contributed by atoms with Crippen molar-refractivity contribution in [3.8, 4) is 0 Å². The van der Waals surface area contributed by atoms with Gasteiger partial charge in [-0.3, -0.25) is 14.4 Å². The zero-order valence-corrected chi connectivity index (χ0v) is 39.2. The normalized spacial score (nSPS) is 28.3. The minimum absolute atomic E-state index is 0.00666. The predicted molar refractivity (Wildman–Crippen MR) is 249 cm³/mol. The van der Waals surface area contributed by atoms with Crippen LogP contribution in [0.4, 0.5) is 0 Å². The molecular formula is C54H66N2O10. The zero-order chi connectivity index (χ0) is 46.9. The molecule has 3 aliphatic carbocycles. The Kier molecular flexibility index (Phi) is 13.8. The van der Waals surface area contributed by atoms with Gasteiger partial charge in [-0.25, -0.2) is 4.79 Å². The van der Waals surface area contributed by atoms with Crippen molar-refractivity contribution in [2.45, 2.75) is 147 Å². The Morgan fingerprint density at radius 1 is 0.879 bits per heavy atom. The van der Waals surface area contributed by atoms with Gasteiger partial charge in [0.25, 0.3) is 0 Å². The van der Waals surface area contributed by atoms with E-state index in [1.807, 2.05) is 78.9 Å². The van der Waals surface area contributed by atoms with E-state index in [0.717, 1.165) is 48.8 Å². The number of hydrogen-bond donors (Lipinski definition) is 3. The third kappa shape index (κ3) is 10.5. The van der Waals surface area contributed by atoms with Crippen molar-refractivity contribution in [3.05, 3.63) is 124 Å². The van der Waals surface area contributed by atoms with Crippen LogP contribution in [0.5, 0.6) is 0 Å². The van der Waals surface area contributed by atoms with Crippen molar-refractivity contribution < 1.29 is 48.0 Å². The van der Waals surface area contributed by atoms with E-state index in [1.165, 1.54) is 5.57 Å². The highest BCUT2D eigenvalue weighted by Crippen LogP contribution is 2.60. The van der Waals surface area contributed by atoms with Crippen molar-refractivity contribution in [2.24, 2.45) is 17.3 Å². The quantitative estimate of drug-likeness (QED) is 0.107. The van der Waals surface area contributed by atoms with Crippen molar-refractivity contribution in [1.82, 2.24) is 10.6 Å². The maximum absolute atomic E-state index is 14.6. The second kappa shape index (κ2) is 19.2. The first-order valence-corrected chi connectivity index (χ1v) is 23.7. The van der Waals surface area contributed by atoms with Gasteiger partial charge in [0.05, 0.1) is 29.9 Å². The van der Waals surface area contributed by atoms with E-state index in [1.54, 1.807) is 32.9 Å². The van der Waals surface area contributed by atoms with E-state index in [4.69, 9.17) is 23.7 Å². The average Bonchev–Trinajstić information content (AvgIpc) is 3.74. The Morgan fingerprint density at radius 2 is 1.56 bits per heavy atom. The molecule has 5 aliphatic rings. The maximum Gasteiger partial charge on any atom is 0.339 e. The third-order valence-electron chi connectivity index (χ3n) is 14.2. The summed E-state index contributed by atoms with van der Waals surface area (Å²) in [5.41, 5.74) is 3.95. The number of nitrogens with one attached hydrogen (secondary N) is 2. The topological polar surface area (TPSA) is 162 Å². The first-order chi connectivity index (χ1) is 31.5. The van der Waals surface area contributed by atoms with Crippen LogP contribution < -0.4 is 10.6 Å². The molecule has 2 amide bonds. The number of esters is 2. The molecule has 8 atom stereocenters. The largest absolute Gasteiger partial charge is 0.460 e. The van der Waals surface area contributed by atoms with Crippen molar-refractivity contribution in [2.75, 3.05) is 13.2 Å². The smallest absolute Gasteiger partial charge is 0.339 e. The molecule has 352 valence electrons. The first-order valence-electron chi connectivity index (χ1n) is 23.7. The Hall–Kier alpha value is -5.14. The van der Waals surface area contributed by atoms with Crippen LogP contribution in [0.25, 0.3) is 6.08 Å². The van der Waals surface area contributed by atoms with Crippen LogP contribution in [-0.2, 0) is 43.9 Å². The molecule has 0 bridgehead atoms. The van der Waals surface area contributed by atoms with Crippen LogP contribution in [0.2, 0.25) is 0 Å². The molecule has 0 radical (unpaired) electrons. The lowest BCUT2D eigenvalue weighted by atomic mass is 9.52. The van der Waals surface area contributed by atoms with Gasteiger partial charge in [-0.1, -0.05) is 104 Å². The summed E-state index contributed by atoms with van der Waals surface area (Å²) in [6.45, 7) is 11.9. The molecule has 2 heterocycles. The van der Waals surface area contributed by atoms with Crippen molar-refractivity contribution in [1.29, 1.82) is 0 Å². The van der Waals surface area contributed by atoms with Gasteiger partial charge in [-0.2, -0.15) is 0 Å². The van der Waals surface area contributed by atoms with Crippen LogP contribution in [0, 0.1) is 17.3 Å². The van der Waals surface area contributed by atoms with Gasteiger partial charge in [0.15, 0.2) is 0 Å². The Labute approximate surface area is 388 Å². The Bertz CT molecular complexity index is 2280. The summed E-state index contributed by atoms with van der Waals surface area (Å²) in [5.74, 6) is -2.18. The number of epoxide rings is 1. The summed E-state index contributed by atoms with van der Waals surface area (Å²) < 4.78 is 31.9. The first kappa shape index (κ1) is 47.4. The summed E-state index contributed by atoms with van der Waals surface area (Å²) in [4.78, 5) is 53.8. The van der Waals surface area contributed by atoms with Crippen LogP contribution in [-0.4, -0.2) is 83.7 Å². The highest BCUT2D eigenvalue weighted by molar-refractivity contribution is 5.95. The molecule has 8 rings (SSSR count). The van der Waals surface area contributed by atoms with E-state index in [9.17, 15) is 24.3 Å². The number of rotatable bonds is 14. The third-order valence-corrected chi connectivity index (χ3v) is 14.2. The van der Waals surface area contributed by atoms with E-state index in [-0.39, 0.29) is 56.0 Å². The van der Waals surface area contributed by atoms with E-state index < -0.39 is 59.5 Å². The standard InChI is InChI=1S/C54H66N2O10/c1-51(2,3)65-47(59)24-22-39(33-57)56-46(58)26-28-55-49(60)36-30-43(48-44(31-36)63-54(66-48,37-16-9-7-10-17-37)38-18-11-8-12-19-38)62-50(61)40-20-14-13-15-34(40)29-35-21-23-45-53(6,64-45)27-25-42-41(35)32-52(42,4)5/h7-20,29,31,39,41-45,48,57H,21-28,30,32-33H2,1-6H3,(H,55,60)(H,56,58)/t39-,41+,42+,43+,44+,45?,48-,53+/m0/s1. The Balaban J connectivity index is 1.01. The zero-order valence-electron chi connectivity index (χ0n) is 39.2. The van der Waals surface area contributed by atoms with Gasteiger partial charge >= 0.3 is 11.9 Å². The minimum atomic E-state index is -1.37. The number of carbonyl (C=O) groups excluding carboxylic acids is 4. The number of fused-ring (bicyclic) bond motifs is 3. The molecule has 1 unspecified atom stereocenters. The van der Waals surface area contributed by atoms with Gasteiger partial charge in [0, 0.05) is 42.5 Å². The monoisotopic (exact) mass is 902 g/mol. The van der Waals surface area contributed by atoms with Gasteiger partial charge < -0.3 is 39.4 Å². The van der Waals surface area contributed by atoms with Gasteiger partial charge in [0.2, 0.25) is 17.6 Å². The van der Waals surface area contributed by atoms with Gasteiger partial charge in [-0.15, -0.1) is 0 Å². The SMILES string of the molecule is CC(C)(C)OC(=O)CC[C@@H](CO)NC(=O)CCNC(=O)C1=C[C@H]2OC(c3ccccc3)(c3ccccc3)O[C@H]2[C@H](OC(=O)c2ccccc2C=C2CCC3O[C@]3(C)CC[C@@H]3[C@@H]2CC3(C)C)C1. The number of amides is 2. The van der Waals surface area contributed by atoms with E-state index >= 15 is 0 Å². The summed E-state index contributed by atoms with van der Waals surface area (Å²) >= 11 is 0. The molecule has 2 aliphatic heterocycles. The molecule has 12 nitrogen and oxygen atoms in total. The summed E-state index contributed by atoms with van der Waals surface area (Å²) in [7, 11) is 0. The summed E-state index contributed by atoms with van der Waals surface area (Å²) in [5, 5.41) is 15.5. The fourth-order valence-corrected chi connectivity index (χ4v) is 10.6. The molecule has 0 spiro atoms. The predicted octanol–water partition coefficient (Wildman–Crippen LogP) is 8.11. The number of carbonyl (C=O) groups is 4. The fraction of sp³-hybridized carbons (Fsp3) is 0.519. The average molecular weight is 903 g/mol. The van der Waals surface area contributed by atoms with Crippen molar-refractivity contribution >= 4 is 29.8 Å². The lowest BCUT2D eigenvalue weighted by molar-refractivity contribution is -0.157. The number of aliphatic hydroxyl groups is 1. The Morgan fingerprint density at radius 3 is 2.23 bits per heavy atom. The summed E-state index contributed by atoms with van der Waals surface area (Å²) in [6.07, 6.45) is 7.04. The molecule has 66 heavy (non-hydrogen) atoms.